The van der Waals surface area contributed by atoms with Gasteiger partial charge in [-0.15, -0.1) is 0 Å². The first-order chi connectivity index (χ1) is 7.92. The molecule has 0 saturated heterocycles. The summed E-state index contributed by atoms with van der Waals surface area (Å²) in [5, 5.41) is 0. The molecule has 0 aromatic heterocycles. The maximum Gasteiger partial charge on any atom is 0.316 e. The van der Waals surface area contributed by atoms with E-state index in [9.17, 15) is 4.79 Å². The first-order valence-corrected chi connectivity index (χ1v) is 5.84. The third-order valence-corrected chi connectivity index (χ3v) is 2.69. The quantitative estimate of drug-likeness (QED) is 0.580. The van der Waals surface area contributed by atoms with Crippen molar-refractivity contribution in [2.24, 2.45) is 5.41 Å². The van der Waals surface area contributed by atoms with Crippen molar-refractivity contribution in [1.82, 2.24) is 4.90 Å². The molecular formula is C14H21NO2. The van der Waals surface area contributed by atoms with Crippen LogP contribution in [0.1, 0.15) is 20.3 Å². The van der Waals surface area contributed by atoms with E-state index in [1.54, 1.807) is 12.1 Å². The Morgan fingerprint density at radius 1 is 1.24 bits per heavy atom. The van der Waals surface area contributed by atoms with Crippen molar-refractivity contribution in [3.8, 4) is 5.75 Å². The van der Waals surface area contributed by atoms with Gasteiger partial charge in [-0.3, -0.25) is 4.79 Å². The molecule has 0 aliphatic heterocycles. The van der Waals surface area contributed by atoms with Crippen molar-refractivity contribution < 1.29 is 9.53 Å². The second-order valence-corrected chi connectivity index (χ2v) is 5.14. The first kappa shape index (κ1) is 13.7. The monoisotopic (exact) mass is 235 g/mol. The minimum Gasteiger partial charge on any atom is -0.426 e. The Morgan fingerprint density at radius 3 is 2.35 bits per heavy atom. The Hall–Kier alpha value is -1.35. The fourth-order valence-corrected chi connectivity index (χ4v) is 1.34. The van der Waals surface area contributed by atoms with Gasteiger partial charge in [0, 0.05) is 0 Å². The Labute approximate surface area is 103 Å². The van der Waals surface area contributed by atoms with Crippen LogP contribution < -0.4 is 4.74 Å². The van der Waals surface area contributed by atoms with Crippen LogP contribution in [0.25, 0.3) is 0 Å². The lowest BCUT2D eigenvalue weighted by atomic mass is 9.89. The normalized spacial score (nSPS) is 11.6. The summed E-state index contributed by atoms with van der Waals surface area (Å²) in [5.41, 5.74) is -0.458. The number of ether oxygens (including phenoxy) is 1. The lowest BCUT2D eigenvalue weighted by molar-refractivity contribution is -0.144. The summed E-state index contributed by atoms with van der Waals surface area (Å²) >= 11 is 0. The Balaban J connectivity index is 2.57. The first-order valence-electron chi connectivity index (χ1n) is 5.84. The fraction of sp³-hybridized carbons (Fsp3) is 0.500. The van der Waals surface area contributed by atoms with E-state index in [0.29, 0.717) is 5.75 Å². The van der Waals surface area contributed by atoms with Crippen molar-refractivity contribution in [2.45, 2.75) is 20.3 Å². The van der Waals surface area contributed by atoms with Gasteiger partial charge >= 0.3 is 5.97 Å². The van der Waals surface area contributed by atoms with Crippen molar-refractivity contribution in [1.29, 1.82) is 0 Å². The van der Waals surface area contributed by atoms with Crippen LogP contribution in [0.4, 0.5) is 0 Å². The number of nitrogens with zero attached hydrogens (tertiary/aromatic N) is 1. The van der Waals surface area contributed by atoms with Crippen molar-refractivity contribution in [3.05, 3.63) is 30.3 Å². The average molecular weight is 235 g/mol. The zero-order chi connectivity index (χ0) is 12.9. The predicted octanol–water partition coefficient (Wildman–Crippen LogP) is 2.57. The number of benzene rings is 1. The molecular weight excluding hydrogens is 214 g/mol. The molecule has 0 saturated carbocycles. The SMILES string of the molecule is CN(C)CCC(C)(C)C(=O)Oc1ccccc1. The minimum atomic E-state index is -0.458. The summed E-state index contributed by atoms with van der Waals surface area (Å²) in [6.45, 7) is 4.71. The highest BCUT2D eigenvalue weighted by molar-refractivity contribution is 5.78. The van der Waals surface area contributed by atoms with Gasteiger partial charge in [0.2, 0.25) is 0 Å². The lowest BCUT2D eigenvalue weighted by Crippen LogP contribution is -2.32. The van der Waals surface area contributed by atoms with E-state index in [1.165, 1.54) is 0 Å². The average Bonchev–Trinajstić information content (AvgIpc) is 2.28. The van der Waals surface area contributed by atoms with E-state index in [-0.39, 0.29) is 5.97 Å². The van der Waals surface area contributed by atoms with Gasteiger partial charge < -0.3 is 9.64 Å². The number of esters is 1. The molecule has 1 rings (SSSR count). The van der Waals surface area contributed by atoms with Gasteiger partial charge in [-0.2, -0.15) is 0 Å². The van der Waals surface area contributed by atoms with E-state index >= 15 is 0 Å². The van der Waals surface area contributed by atoms with Gasteiger partial charge in [-0.1, -0.05) is 18.2 Å². The summed E-state index contributed by atoms with van der Waals surface area (Å²) in [6, 6.07) is 9.19. The molecule has 0 bridgehead atoms. The van der Waals surface area contributed by atoms with Gasteiger partial charge in [-0.25, -0.2) is 0 Å². The van der Waals surface area contributed by atoms with E-state index < -0.39 is 5.41 Å². The summed E-state index contributed by atoms with van der Waals surface area (Å²) < 4.78 is 5.35. The second-order valence-electron chi connectivity index (χ2n) is 5.14. The molecule has 1 aromatic carbocycles. The molecule has 0 atom stereocenters. The van der Waals surface area contributed by atoms with Crippen molar-refractivity contribution >= 4 is 5.97 Å². The van der Waals surface area contributed by atoms with Gasteiger partial charge in [0.1, 0.15) is 5.75 Å². The van der Waals surface area contributed by atoms with Crippen molar-refractivity contribution in [2.75, 3.05) is 20.6 Å². The van der Waals surface area contributed by atoms with E-state index in [2.05, 4.69) is 4.90 Å². The van der Waals surface area contributed by atoms with E-state index in [1.807, 2.05) is 46.1 Å². The molecule has 3 heteroatoms. The maximum absolute atomic E-state index is 12.0. The molecule has 0 unspecified atom stereocenters. The Kier molecular flexibility index (Phi) is 4.70. The van der Waals surface area contributed by atoms with Crippen molar-refractivity contribution in [3.63, 3.8) is 0 Å². The molecule has 0 radical (unpaired) electrons. The highest BCUT2D eigenvalue weighted by Crippen LogP contribution is 2.24. The number of carbonyl (C=O) groups is 1. The van der Waals surface area contributed by atoms with Gasteiger partial charge in [0.15, 0.2) is 0 Å². The van der Waals surface area contributed by atoms with E-state index in [0.717, 1.165) is 13.0 Å². The van der Waals surface area contributed by atoms with Crippen LogP contribution >= 0.6 is 0 Å². The van der Waals surface area contributed by atoms with Crippen LogP contribution in [0, 0.1) is 5.41 Å². The topological polar surface area (TPSA) is 29.5 Å². The van der Waals surface area contributed by atoms with Crippen LogP contribution in [0.5, 0.6) is 5.75 Å². The Morgan fingerprint density at radius 2 is 1.82 bits per heavy atom. The van der Waals surface area contributed by atoms with Crippen LogP contribution in [-0.2, 0) is 4.79 Å². The number of carbonyl (C=O) groups excluding carboxylic acids is 1. The molecule has 0 fully saturated rings. The van der Waals surface area contributed by atoms with Crippen LogP contribution in [0.2, 0.25) is 0 Å². The standard InChI is InChI=1S/C14H21NO2/c1-14(2,10-11-15(3)4)13(16)17-12-8-6-5-7-9-12/h5-9H,10-11H2,1-4H3. The van der Waals surface area contributed by atoms with Crippen LogP contribution in [-0.4, -0.2) is 31.5 Å². The molecule has 0 N–H and O–H groups in total. The third kappa shape index (κ3) is 4.57. The summed E-state index contributed by atoms with van der Waals surface area (Å²) in [4.78, 5) is 14.1. The molecule has 0 amide bonds. The fourth-order valence-electron chi connectivity index (χ4n) is 1.34. The highest BCUT2D eigenvalue weighted by atomic mass is 16.5. The number of hydrogen-bond acceptors (Lipinski definition) is 3. The largest absolute Gasteiger partial charge is 0.426 e. The second kappa shape index (κ2) is 5.82. The molecule has 0 aliphatic rings. The van der Waals surface area contributed by atoms with E-state index in [4.69, 9.17) is 4.74 Å². The summed E-state index contributed by atoms with van der Waals surface area (Å²) in [6.07, 6.45) is 0.783. The third-order valence-electron chi connectivity index (χ3n) is 2.69. The highest BCUT2D eigenvalue weighted by Gasteiger charge is 2.29. The molecule has 17 heavy (non-hydrogen) atoms. The van der Waals surface area contributed by atoms with Crippen LogP contribution in [0.15, 0.2) is 30.3 Å². The predicted molar refractivity (Wildman–Crippen MR) is 69.0 cm³/mol. The summed E-state index contributed by atoms with van der Waals surface area (Å²) in [7, 11) is 4.00. The van der Waals surface area contributed by atoms with Gasteiger partial charge in [0.05, 0.1) is 5.41 Å². The summed E-state index contributed by atoms with van der Waals surface area (Å²) in [5.74, 6) is 0.431. The van der Waals surface area contributed by atoms with Crippen LogP contribution in [0.3, 0.4) is 0 Å². The number of rotatable bonds is 5. The zero-order valence-electron chi connectivity index (χ0n) is 11.1. The molecule has 0 heterocycles. The molecule has 1 aromatic rings. The minimum absolute atomic E-state index is 0.175. The van der Waals surface area contributed by atoms with Gasteiger partial charge in [-0.05, 0) is 53.0 Å². The smallest absolute Gasteiger partial charge is 0.316 e. The molecule has 94 valence electrons. The molecule has 0 spiro atoms. The zero-order valence-corrected chi connectivity index (χ0v) is 11.1. The maximum atomic E-state index is 12.0. The molecule has 3 nitrogen and oxygen atoms in total. The van der Waals surface area contributed by atoms with Gasteiger partial charge in [0.25, 0.3) is 0 Å². The number of para-hydroxylation sites is 1. The molecule has 0 aliphatic carbocycles. The number of hydrogen-bond donors (Lipinski definition) is 0. The Bertz CT molecular complexity index is 358. The lowest BCUT2D eigenvalue weighted by Gasteiger charge is -2.24.